The lowest BCUT2D eigenvalue weighted by Crippen LogP contribution is -2.47. The van der Waals surface area contributed by atoms with Crippen molar-refractivity contribution < 1.29 is 9.59 Å². The third kappa shape index (κ3) is 3.56. The quantitative estimate of drug-likeness (QED) is 0.795. The Balaban J connectivity index is 1.98. The zero-order chi connectivity index (χ0) is 14.7. The van der Waals surface area contributed by atoms with E-state index in [1.807, 2.05) is 13.0 Å². The summed E-state index contributed by atoms with van der Waals surface area (Å²) >= 11 is 0. The molecule has 2 heterocycles. The number of hydrogen-bond acceptors (Lipinski definition) is 3. The van der Waals surface area contributed by atoms with Gasteiger partial charge in [-0.2, -0.15) is 0 Å². The van der Waals surface area contributed by atoms with Gasteiger partial charge in [-0.3, -0.25) is 9.59 Å². The molecule has 0 aromatic carbocycles. The van der Waals surface area contributed by atoms with Crippen molar-refractivity contribution in [3.8, 4) is 0 Å². The second-order valence-corrected chi connectivity index (χ2v) is 5.83. The van der Waals surface area contributed by atoms with E-state index < -0.39 is 11.8 Å². The van der Waals surface area contributed by atoms with Crippen LogP contribution >= 0.6 is 0 Å². The average Bonchev–Trinajstić information content (AvgIpc) is 2.39. The molecule has 0 saturated carbocycles. The fourth-order valence-electron chi connectivity index (χ4n) is 2.68. The summed E-state index contributed by atoms with van der Waals surface area (Å²) < 4.78 is 0. The predicted molar refractivity (Wildman–Crippen MR) is 77.1 cm³/mol. The maximum absolute atomic E-state index is 12.1. The van der Waals surface area contributed by atoms with Crippen molar-refractivity contribution in [3.05, 3.63) is 23.9 Å². The van der Waals surface area contributed by atoms with Gasteiger partial charge in [0, 0.05) is 19.3 Å². The number of piperidine rings is 1. The van der Waals surface area contributed by atoms with Gasteiger partial charge >= 0.3 is 11.8 Å². The van der Waals surface area contributed by atoms with Gasteiger partial charge in [-0.1, -0.05) is 19.9 Å². The molecule has 2 unspecified atom stereocenters. The molecule has 2 amide bonds. The molecule has 108 valence electrons. The van der Waals surface area contributed by atoms with E-state index in [0.29, 0.717) is 30.7 Å². The van der Waals surface area contributed by atoms with Gasteiger partial charge in [0.2, 0.25) is 0 Å². The number of likely N-dealkylation sites (tertiary alicyclic amines) is 1. The molecule has 2 atom stereocenters. The van der Waals surface area contributed by atoms with E-state index in [0.717, 1.165) is 12.0 Å². The average molecular weight is 275 g/mol. The Kier molecular flexibility index (Phi) is 4.37. The Morgan fingerprint density at radius 1 is 1.25 bits per heavy atom. The van der Waals surface area contributed by atoms with Crippen LogP contribution in [-0.2, 0) is 9.59 Å². The molecule has 5 heteroatoms. The maximum Gasteiger partial charge on any atom is 0.315 e. The minimum Gasteiger partial charge on any atom is -0.334 e. The molecular formula is C15H21N3O2. The molecule has 20 heavy (non-hydrogen) atoms. The van der Waals surface area contributed by atoms with Crippen molar-refractivity contribution >= 4 is 17.6 Å². The van der Waals surface area contributed by atoms with Gasteiger partial charge in [0.15, 0.2) is 0 Å². The summed E-state index contributed by atoms with van der Waals surface area (Å²) in [5, 5.41) is 2.55. The Hall–Kier alpha value is -1.91. The van der Waals surface area contributed by atoms with Gasteiger partial charge in [0.25, 0.3) is 0 Å². The molecule has 1 aliphatic heterocycles. The first kappa shape index (κ1) is 14.5. The molecule has 0 radical (unpaired) electrons. The van der Waals surface area contributed by atoms with Gasteiger partial charge in [-0.05, 0) is 36.8 Å². The van der Waals surface area contributed by atoms with Crippen LogP contribution in [-0.4, -0.2) is 34.8 Å². The summed E-state index contributed by atoms with van der Waals surface area (Å²) in [5.74, 6) is 0.210. The van der Waals surface area contributed by atoms with E-state index in [9.17, 15) is 9.59 Å². The zero-order valence-electron chi connectivity index (χ0n) is 12.2. The molecule has 0 spiro atoms. The third-order valence-electron chi connectivity index (χ3n) is 3.50. The van der Waals surface area contributed by atoms with Crippen molar-refractivity contribution in [2.45, 2.75) is 27.2 Å². The van der Waals surface area contributed by atoms with Crippen molar-refractivity contribution in [2.24, 2.45) is 11.8 Å². The van der Waals surface area contributed by atoms with Crippen LogP contribution in [0.2, 0.25) is 0 Å². The Bertz CT molecular complexity index is 488. The number of anilines is 1. The minimum atomic E-state index is -0.609. The van der Waals surface area contributed by atoms with E-state index in [4.69, 9.17) is 0 Å². The molecule has 5 nitrogen and oxygen atoms in total. The van der Waals surface area contributed by atoms with Crippen LogP contribution in [0.4, 0.5) is 5.82 Å². The van der Waals surface area contributed by atoms with Crippen molar-refractivity contribution in [3.63, 3.8) is 0 Å². The first-order valence-electron chi connectivity index (χ1n) is 6.98. The van der Waals surface area contributed by atoms with Gasteiger partial charge in [0.05, 0.1) is 0 Å². The third-order valence-corrected chi connectivity index (χ3v) is 3.50. The lowest BCUT2D eigenvalue weighted by atomic mass is 9.92. The summed E-state index contributed by atoms with van der Waals surface area (Å²) in [6, 6.07) is 3.54. The Morgan fingerprint density at radius 2 is 1.90 bits per heavy atom. The topological polar surface area (TPSA) is 62.3 Å². The van der Waals surface area contributed by atoms with Crippen LogP contribution in [0.25, 0.3) is 0 Å². The minimum absolute atomic E-state index is 0.409. The Labute approximate surface area is 119 Å². The summed E-state index contributed by atoms with van der Waals surface area (Å²) in [6.45, 7) is 7.43. The fraction of sp³-hybridized carbons (Fsp3) is 0.533. The molecule has 0 bridgehead atoms. The molecular weight excluding hydrogens is 254 g/mol. The fourth-order valence-corrected chi connectivity index (χ4v) is 2.68. The number of carbonyl (C=O) groups is 2. The summed E-state index contributed by atoms with van der Waals surface area (Å²) in [4.78, 5) is 29.8. The highest BCUT2D eigenvalue weighted by Gasteiger charge is 2.29. The van der Waals surface area contributed by atoms with E-state index in [2.05, 4.69) is 24.1 Å². The monoisotopic (exact) mass is 275 g/mol. The summed E-state index contributed by atoms with van der Waals surface area (Å²) in [5.41, 5.74) is 1.01. The summed E-state index contributed by atoms with van der Waals surface area (Å²) in [7, 11) is 0. The number of carbonyl (C=O) groups excluding carboxylic acids is 2. The lowest BCUT2D eigenvalue weighted by molar-refractivity contribution is -0.145. The number of nitrogens with one attached hydrogen (secondary N) is 1. The van der Waals surface area contributed by atoms with Crippen LogP contribution in [0.1, 0.15) is 25.8 Å². The van der Waals surface area contributed by atoms with E-state index in [1.165, 1.54) is 0 Å². The van der Waals surface area contributed by atoms with Gasteiger partial charge in [0.1, 0.15) is 5.82 Å². The number of aryl methyl sites for hydroxylation is 1. The summed E-state index contributed by atoms with van der Waals surface area (Å²) in [6.07, 6.45) is 2.76. The highest BCUT2D eigenvalue weighted by atomic mass is 16.2. The SMILES string of the molecule is Cc1ccc(NC(=O)C(=O)N2CC(C)CC(C)C2)nc1. The predicted octanol–water partition coefficient (Wildman–Crippen LogP) is 1.83. The number of rotatable bonds is 1. The normalized spacial score (nSPS) is 22.4. The molecule has 1 saturated heterocycles. The van der Waals surface area contributed by atoms with Crippen LogP contribution in [0.5, 0.6) is 0 Å². The molecule has 0 aliphatic carbocycles. The van der Waals surface area contributed by atoms with Gasteiger partial charge in [-0.25, -0.2) is 4.98 Å². The lowest BCUT2D eigenvalue weighted by Gasteiger charge is -2.34. The van der Waals surface area contributed by atoms with Crippen LogP contribution < -0.4 is 5.32 Å². The molecule has 1 aliphatic rings. The molecule has 1 N–H and O–H groups in total. The number of aromatic nitrogens is 1. The van der Waals surface area contributed by atoms with Crippen molar-refractivity contribution in [2.75, 3.05) is 18.4 Å². The first-order chi connectivity index (χ1) is 9.45. The second-order valence-electron chi connectivity index (χ2n) is 5.83. The van der Waals surface area contributed by atoms with Gasteiger partial charge in [-0.15, -0.1) is 0 Å². The largest absolute Gasteiger partial charge is 0.334 e. The standard InChI is InChI=1S/C15H21N3O2/c1-10-4-5-13(16-7-10)17-14(19)15(20)18-8-11(2)6-12(3)9-18/h4-5,7,11-12H,6,8-9H2,1-3H3,(H,16,17,19). The van der Waals surface area contributed by atoms with E-state index in [1.54, 1.807) is 17.2 Å². The number of pyridine rings is 1. The highest BCUT2D eigenvalue weighted by Crippen LogP contribution is 2.21. The number of nitrogens with zero attached hydrogens (tertiary/aromatic N) is 2. The molecule has 1 fully saturated rings. The zero-order valence-corrected chi connectivity index (χ0v) is 12.2. The smallest absolute Gasteiger partial charge is 0.315 e. The maximum atomic E-state index is 12.1. The van der Waals surface area contributed by atoms with Gasteiger partial charge < -0.3 is 10.2 Å². The van der Waals surface area contributed by atoms with Crippen LogP contribution in [0.3, 0.4) is 0 Å². The van der Waals surface area contributed by atoms with Crippen LogP contribution in [0.15, 0.2) is 18.3 Å². The van der Waals surface area contributed by atoms with E-state index >= 15 is 0 Å². The molecule has 1 aromatic rings. The highest BCUT2D eigenvalue weighted by molar-refractivity contribution is 6.39. The number of hydrogen-bond donors (Lipinski definition) is 1. The van der Waals surface area contributed by atoms with E-state index in [-0.39, 0.29) is 0 Å². The second kappa shape index (κ2) is 6.03. The first-order valence-corrected chi connectivity index (χ1v) is 6.98. The van der Waals surface area contributed by atoms with Crippen LogP contribution in [0, 0.1) is 18.8 Å². The Morgan fingerprint density at radius 3 is 2.45 bits per heavy atom. The molecule has 1 aromatic heterocycles. The van der Waals surface area contributed by atoms with Crippen molar-refractivity contribution in [1.29, 1.82) is 0 Å². The molecule has 2 rings (SSSR count). The number of amides is 2. The van der Waals surface area contributed by atoms with Crippen molar-refractivity contribution in [1.82, 2.24) is 9.88 Å².